The Morgan fingerprint density at radius 2 is 1.81 bits per heavy atom. The number of nitrogens with two attached hydrogens (primary N) is 1. The second-order valence-electron chi connectivity index (χ2n) is 4.85. The third-order valence-electron chi connectivity index (χ3n) is 3.17. The summed E-state index contributed by atoms with van der Waals surface area (Å²) in [7, 11) is -3.29. The molecule has 2 N–H and O–H groups in total. The van der Waals surface area contributed by atoms with Gasteiger partial charge in [0.15, 0.2) is 9.84 Å². The van der Waals surface area contributed by atoms with Crippen LogP contribution in [0.25, 0.3) is 0 Å². The number of hydrogen-bond acceptors (Lipinski definition) is 4. The number of aryl methyl sites for hydroxylation is 1. The third kappa shape index (κ3) is 4.23. The van der Waals surface area contributed by atoms with Gasteiger partial charge < -0.3 is 10.5 Å². The fourth-order valence-electron chi connectivity index (χ4n) is 1.92. The molecule has 0 spiro atoms. The van der Waals surface area contributed by atoms with Gasteiger partial charge in [-0.05, 0) is 49.2 Å². The summed E-state index contributed by atoms with van der Waals surface area (Å²) in [6.07, 6.45) is 0.445. The van der Waals surface area contributed by atoms with E-state index in [1.807, 2.05) is 30.3 Å². The number of para-hydroxylation sites is 1. The van der Waals surface area contributed by atoms with Crippen molar-refractivity contribution in [2.24, 2.45) is 0 Å². The summed E-state index contributed by atoms with van der Waals surface area (Å²) in [6.45, 7) is 2.17. The molecule has 0 aliphatic rings. The van der Waals surface area contributed by atoms with Crippen LogP contribution in [-0.4, -0.2) is 20.8 Å². The molecule has 0 unspecified atom stereocenters. The van der Waals surface area contributed by atoms with Gasteiger partial charge in [0.05, 0.1) is 17.3 Å². The number of nitrogen functional groups attached to an aromatic ring is 1. The normalized spacial score (nSPS) is 11.3. The van der Waals surface area contributed by atoms with Crippen molar-refractivity contribution >= 4 is 15.5 Å². The van der Waals surface area contributed by atoms with Gasteiger partial charge in [-0.1, -0.05) is 18.2 Å². The molecule has 0 radical (unpaired) electrons. The molecule has 0 bridgehead atoms. The lowest BCUT2D eigenvalue weighted by Crippen LogP contribution is -2.11. The van der Waals surface area contributed by atoms with Crippen LogP contribution in [0.2, 0.25) is 0 Å². The average Bonchev–Trinajstić information content (AvgIpc) is 2.47. The second-order valence-corrected chi connectivity index (χ2v) is 6.96. The van der Waals surface area contributed by atoms with Crippen LogP contribution in [0.3, 0.4) is 0 Å². The zero-order valence-electron chi connectivity index (χ0n) is 12.0. The molecule has 0 aliphatic heterocycles. The van der Waals surface area contributed by atoms with Gasteiger partial charge in [0.2, 0.25) is 0 Å². The van der Waals surface area contributed by atoms with Crippen molar-refractivity contribution < 1.29 is 13.2 Å². The Hall–Kier alpha value is -2.01. The van der Waals surface area contributed by atoms with Gasteiger partial charge in [-0.3, -0.25) is 0 Å². The van der Waals surface area contributed by atoms with E-state index in [1.54, 1.807) is 25.1 Å². The summed E-state index contributed by atoms with van der Waals surface area (Å²) in [6, 6.07) is 14.1. The van der Waals surface area contributed by atoms with E-state index in [-0.39, 0.29) is 5.75 Å². The Labute approximate surface area is 125 Å². The van der Waals surface area contributed by atoms with Crippen LogP contribution in [0.5, 0.6) is 5.75 Å². The van der Waals surface area contributed by atoms with E-state index in [9.17, 15) is 8.42 Å². The molecule has 2 aromatic carbocycles. The van der Waals surface area contributed by atoms with E-state index in [0.29, 0.717) is 23.6 Å². The SMILES string of the molecule is Cc1cc(S(=O)(=O)CCCOc2ccccc2)ccc1N. The van der Waals surface area contributed by atoms with Crippen LogP contribution in [0.15, 0.2) is 53.4 Å². The lowest BCUT2D eigenvalue weighted by Gasteiger charge is -2.08. The number of hydrogen-bond donors (Lipinski definition) is 1. The maximum absolute atomic E-state index is 12.2. The molecular formula is C16H19NO3S. The minimum atomic E-state index is -3.29. The van der Waals surface area contributed by atoms with Crippen molar-refractivity contribution in [2.75, 3.05) is 18.1 Å². The highest BCUT2D eigenvalue weighted by molar-refractivity contribution is 7.91. The van der Waals surface area contributed by atoms with Gasteiger partial charge in [0, 0.05) is 5.69 Å². The van der Waals surface area contributed by atoms with E-state index in [2.05, 4.69) is 0 Å². The van der Waals surface area contributed by atoms with Gasteiger partial charge >= 0.3 is 0 Å². The van der Waals surface area contributed by atoms with E-state index >= 15 is 0 Å². The van der Waals surface area contributed by atoms with Gasteiger partial charge in [0.25, 0.3) is 0 Å². The number of ether oxygens (including phenoxy) is 1. The first-order chi connectivity index (χ1) is 9.99. The van der Waals surface area contributed by atoms with Gasteiger partial charge in [0.1, 0.15) is 5.75 Å². The second kappa shape index (κ2) is 6.63. The van der Waals surface area contributed by atoms with Gasteiger partial charge in [-0.15, -0.1) is 0 Å². The Morgan fingerprint density at radius 3 is 2.48 bits per heavy atom. The summed E-state index contributed by atoms with van der Waals surface area (Å²) < 4.78 is 29.9. The minimum absolute atomic E-state index is 0.0587. The van der Waals surface area contributed by atoms with Crippen LogP contribution in [0.4, 0.5) is 5.69 Å². The molecule has 2 rings (SSSR count). The Bertz CT molecular complexity index is 697. The summed E-state index contributed by atoms with van der Waals surface area (Å²) >= 11 is 0. The summed E-state index contributed by atoms with van der Waals surface area (Å²) in [4.78, 5) is 0.314. The minimum Gasteiger partial charge on any atom is -0.494 e. The summed E-state index contributed by atoms with van der Waals surface area (Å²) in [5, 5.41) is 0. The van der Waals surface area contributed by atoms with Crippen LogP contribution in [-0.2, 0) is 9.84 Å². The topological polar surface area (TPSA) is 69.4 Å². The highest BCUT2D eigenvalue weighted by Crippen LogP contribution is 2.18. The molecule has 0 amide bonds. The maximum atomic E-state index is 12.2. The first kappa shape index (κ1) is 15.4. The first-order valence-corrected chi connectivity index (χ1v) is 8.41. The van der Waals surface area contributed by atoms with Crippen molar-refractivity contribution in [3.63, 3.8) is 0 Å². The monoisotopic (exact) mass is 305 g/mol. The molecule has 0 saturated heterocycles. The fraction of sp³-hybridized carbons (Fsp3) is 0.250. The highest BCUT2D eigenvalue weighted by Gasteiger charge is 2.14. The van der Waals surface area contributed by atoms with Gasteiger partial charge in [-0.25, -0.2) is 8.42 Å². The molecule has 0 heterocycles. The lowest BCUT2D eigenvalue weighted by molar-refractivity contribution is 0.317. The molecule has 112 valence electrons. The molecule has 0 aromatic heterocycles. The van der Waals surface area contributed by atoms with E-state index in [0.717, 1.165) is 11.3 Å². The Kier molecular flexibility index (Phi) is 4.85. The summed E-state index contributed by atoms with van der Waals surface area (Å²) in [5.74, 6) is 0.807. The lowest BCUT2D eigenvalue weighted by atomic mass is 10.2. The first-order valence-electron chi connectivity index (χ1n) is 6.76. The third-order valence-corrected chi connectivity index (χ3v) is 4.97. The molecule has 0 aliphatic carbocycles. The zero-order chi connectivity index (χ0) is 15.3. The van der Waals surface area contributed by atoms with Crippen molar-refractivity contribution in [1.82, 2.24) is 0 Å². The largest absolute Gasteiger partial charge is 0.494 e. The quantitative estimate of drug-likeness (QED) is 0.658. The Balaban J connectivity index is 1.91. The highest BCUT2D eigenvalue weighted by atomic mass is 32.2. The number of benzene rings is 2. The molecule has 21 heavy (non-hydrogen) atoms. The zero-order valence-corrected chi connectivity index (χ0v) is 12.8. The predicted octanol–water partition coefficient (Wildman–Crippen LogP) is 2.82. The smallest absolute Gasteiger partial charge is 0.178 e. The van der Waals surface area contributed by atoms with Crippen LogP contribution in [0.1, 0.15) is 12.0 Å². The van der Waals surface area contributed by atoms with Crippen LogP contribution in [0, 0.1) is 6.92 Å². The molecular weight excluding hydrogens is 286 g/mol. The number of rotatable bonds is 6. The van der Waals surface area contributed by atoms with Crippen LogP contribution < -0.4 is 10.5 Å². The van der Waals surface area contributed by atoms with E-state index < -0.39 is 9.84 Å². The van der Waals surface area contributed by atoms with Crippen LogP contribution >= 0.6 is 0 Å². The molecule has 0 saturated carbocycles. The van der Waals surface area contributed by atoms with E-state index in [4.69, 9.17) is 10.5 Å². The molecule has 0 atom stereocenters. The average molecular weight is 305 g/mol. The fourth-order valence-corrected chi connectivity index (χ4v) is 3.28. The Morgan fingerprint density at radius 1 is 1.10 bits per heavy atom. The molecule has 5 heteroatoms. The summed E-state index contributed by atoms with van der Waals surface area (Å²) in [5.41, 5.74) is 7.08. The van der Waals surface area contributed by atoms with Crippen molar-refractivity contribution in [3.05, 3.63) is 54.1 Å². The molecule has 0 fully saturated rings. The molecule has 4 nitrogen and oxygen atoms in total. The standard InChI is InChI=1S/C16H19NO3S/c1-13-12-15(8-9-16(13)17)21(18,19)11-5-10-20-14-6-3-2-4-7-14/h2-4,6-9,12H,5,10-11,17H2,1H3. The number of anilines is 1. The predicted molar refractivity (Wildman–Crippen MR) is 84.2 cm³/mol. The number of sulfone groups is 1. The molecule has 2 aromatic rings. The van der Waals surface area contributed by atoms with Crippen molar-refractivity contribution in [1.29, 1.82) is 0 Å². The maximum Gasteiger partial charge on any atom is 0.178 e. The van der Waals surface area contributed by atoms with E-state index in [1.165, 1.54) is 0 Å². The van der Waals surface area contributed by atoms with Crippen molar-refractivity contribution in [2.45, 2.75) is 18.2 Å². The van der Waals surface area contributed by atoms with Gasteiger partial charge in [-0.2, -0.15) is 0 Å². The van der Waals surface area contributed by atoms with Crippen molar-refractivity contribution in [3.8, 4) is 5.75 Å².